The highest BCUT2D eigenvalue weighted by Crippen LogP contribution is 2.35. The largest absolute Gasteiger partial charge is 0.416 e. The normalized spacial score (nSPS) is 21.3. The van der Waals surface area contributed by atoms with Gasteiger partial charge in [0.05, 0.1) is 18.8 Å². The summed E-state index contributed by atoms with van der Waals surface area (Å²) in [6.45, 7) is 3.75. The van der Waals surface area contributed by atoms with E-state index in [4.69, 9.17) is 10.00 Å². The highest BCUT2D eigenvalue weighted by Gasteiger charge is 2.41. The summed E-state index contributed by atoms with van der Waals surface area (Å²) in [5.74, 6) is -0.638. The van der Waals surface area contributed by atoms with Gasteiger partial charge in [-0.05, 0) is 42.3 Å². The van der Waals surface area contributed by atoms with Crippen molar-refractivity contribution in [2.45, 2.75) is 25.2 Å². The van der Waals surface area contributed by atoms with Crippen LogP contribution in [0.25, 0.3) is 5.57 Å². The van der Waals surface area contributed by atoms with Crippen LogP contribution in [0.1, 0.15) is 40.5 Å². The maximum atomic E-state index is 13.2. The molecule has 176 valence electrons. The molecule has 0 saturated carbocycles. The molecular weight excluding hydrogens is 447 g/mol. The third-order valence-electron chi connectivity index (χ3n) is 5.94. The van der Waals surface area contributed by atoms with Crippen molar-refractivity contribution in [1.29, 1.82) is 5.26 Å². The SMILES string of the molecule is CC1=C(c2ccc(C#N)nc2)CC(NC(=O)c2cccc(C(F)(F)F)c2)(N2CCOCC2)C=N1. The van der Waals surface area contributed by atoms with Crippen molar-refractivity contribution in [1.82, 2.24) is 15.2 Å². The Balaban J connectivity index is 1.68. The van der Waals surface area contributed by atoms with Crippen LogP contribution in [0.2, 0.25) is 0 Å². The molecule has 1 saturated heterocycles. The highest BCUT2D eigenvalue weighted by molar-refractivity contribution is 5.98. The minimum atomic E-state index is -4.56. The Labute approximate surface area is 194 Å². The van der Waals surface area contributed by atoms with E-state index in [1.54, 1.807) is 24.5 Å². The second-order valence-corrected chi connectivity index (χ2v) is 8.10. The first-order chi connectivity index (χ1) is 16.2. The second kappa shape index (κ2) is 9.37. The van der Waals surface area contributed by atoms with Crippen molar-refractivity contribution in [3.63, 3.8) is 0 Å². The molecule has 3 heterocycles. The van der Waals surface area contributed by atoms with E-state index in [-0.39, 0.29) is 11.3 Å². The summed E-state index contributed by atoms with van der Waals surface area (Å²) in [6, 6.07) is 9.69. The van der Waals surface area contributed by atoms with Crippen LogP contribution in [0.15, 0.2) is 53.3 Å². The number of alkyl halides is 3. The maximum absolute atomic E-state index is 13.2. The van der Waals surface area contributed by atoms with Crippen molar-refractivity contribution in [3.8, 4) is 6.07 Å². The molecule has 0 aliphatic carbocycles. The predicted molar refractivity (Wildman–Crippen MR) is 119 cm³/mol. The van der Waals surface area contributed by atoms with Crippen molar-refractivity contribution in [3.05, 3.63) is 70.7 Å². The fourth-order valence-corrected chi connectivity index (χ4v) is 4.09. The zero-order chi connectivity index (χ0) is 24.3. The van der Waals surface area contributed by atoms with Crippen LogP contribution in [-0.4, -0.2) is 54.0 Å². The Kier molecular flexibility index (Phi) is 6.50. The number of carbonyl (C=O) groups excluding carboxylic acids is 1. The number of carbonyl (C=O) groups is 1. The van der Waals surface area contributed by atoms with Crippen LogP contribution in [0.3, 0.4) is 0 Å². The number of hydrogen-bond acceptors (Lipinski definition) is 6. The average Bonchev–Trinajstić information content (AvgIpc) is 2.85. The fraction of sp³-hybridized carbons (Fsp3) is 0.333. The molecule has 1 unspecified atom stereocenters. The lowest BCUT2D eigenvalue weighted by molar-refractivity contribution is -0.137. The maximum Gasteiger partial charge on any atom is 0.416 e. The fourth-order valence-electron chi connectivity index (χ4n) is 4.09. The van der Waals surface area contributed by atoms with Crippen LogP contribution in [0.5, 0.6) is 0 Å². The zero-order valence-corrected chi connectivity index (χ0v) is 18.4. The zero-order valence-electron chi connectivity index (χ0n) is 18.4. The quantitative estimate of drug-likeness (QED) is 0.739. The van der Waals surface area contributed by atoms with E-state index in [1.165, 1.54) is 12.1 Å². The Bertz CT molecular complexity index is 1180. The molecule has 0 spiro atoms. The number of morpholine rings is 1. The summed E-state index contributed by atoms with van der Waals surface area (Å²) in [7, 11) is 0. The van der Waals surface area contributed by atoms with Crippen LogP contribution >= 0.6 is 0 Å². The van der Waals surface area contributed by atoms with E-state index in [2.05, 4.69) is 15.3 Å². The smallest absolute Gasteiger partial charge is 0.379 e. The van der Waals surface area contributed by atoms with Gasteiger partial charge in [0.25, 0.3) is 5.91 Å². The minimum Gasteiger partial charge on any atom is -0.379 e. The molecule has 1 N–H and O–H groups in total. The van der Waals surface area contributed by atoms with Crippen LogP contribution in [0.4, 0.5) is 13.2 Å². The number of rotatable bonds is 4. The number of aliphatic imine (C=N–C) groups is 1. The van der Waals surface area contributed by atoms with Gasteiger partial charge in [-0.15, -0.1) is 0 Å². The Morgan fingerprint density at radius 1 is 1.24 bits per heavy atom. The first-order valence-corrected chi connectivity index (χ1v) is 10.7. The standard InChI is InChI=1S/C24H22F3N5O2/c1-16-21(18-5-6-20(13-28)29-14-18)12-23(15-30-16,32-7-9-34-10-8-32)31-22(33)17-3-2-4-19(11-17)24(25,26)27/h2-6,11,14-15H,7-10,12H2,1H3,(H,31,33). The molecule has 4 rings (SSSR count). The van der Waals surface area contributed by atoms with Gasteiger partial charge in [-0.3, -0.25) is 14.7 Å². The summed E-state index contributed by atoms with van der Waals surface area (Å²) >= 11 is 0. The molecule has 1 aromatic heterocycles. The number of hydrogen-bond donors (Lipinski definition) is 1. The van der Waals surface area contributed by atoms with E-state index in [0.29, 0.717) is 32.7 Å². The molecule has 10 heteroatoms. The molecule has 1 amide bonds. The van der Waals surface area contributed by atoms with Gasteiger partial charge in [0, 0.05) is 43.2 Å². The number of nitrogens with one attached hydrogen (secondary N) is 1. The summed E-state index contributed by atoms with van der Waals surface area (Å²) < 4.78 is 45.0. The van der Waals surface area contributed by atoms with Gasteiger partial charge in [0.2, 0.25) is 0 Å². The minimum absolute atomic E-state index is 0.0938. The number of pyridine rings is 1. The van der Waals surface area contributed by atoms with Crippen molar-refractivity contribution in [2.24, 2.45) is 4.99 Å². The molecule has 1 fully saturated rings. The van der Waals surface area contributed by atoms with Gasteiger partial charge >= 0.3 is 6.18 Å². The number of amides is 1. The summed E-state index contributed by atoms with van der Waals surface area (Å²) in [4.78, 5) is 23.9. The van der Waals surface area contributed by atoms with E-state index >= 15 is 0 Å². The van der Waals surface area contributed by atoms with Gasteiger partial charge in [0.1, 0.15) is 17.4 Å². The number of allylic oxidation sites excluding steroid dienone is 1. The van der Waals surface area contributed by atoms with Gasteiger partial charge in [-0.1, -0.05) is 12.1 Å². The van der Waals surface area contributed by atoms with E-state index in [1.807, 2.05) is 17.9 Å². The number of halogens is 3. The molecule has 1 atom stereocenters. The average molecular weight is 469 g/mol. The molecule has 7 nitrogen and oxygen atoms in total. The van der Waals surface area contributed by atoms with Crippen molar-refractivity contribution < 1.29 is 22.7 Å². The van der Waals surface area contributed by atoms with E-state index < -0.39 is 23.3 Å². The van der Waals surface area contributed by atoms with Crippen LogP contribution in [0, 0.1) is 11.3 Å². The molecule has 2 aromatic rings. The van der Waals surface area contributed by atoms with E-state index in [9.17, 15) is 18.0 Å². The lowest BCUT2D eigenvalue weighted by atomic mass is 9.90. The highest BCUT2D eigenvalue weighted by atomic mass is 19.4. The molecule has 34 heavy (non-hydrogen) atoms. The Hall–Kier alpha value is -3.55. The molecule has 2 aliphatic heterocycles. The van der Waals surface area contributed by atoms with Gasteiger partial charge in [-0.2, -0.15) is 18.4 Å². The first kappa shape index (κ1) is 23.6. The Morgan fingerprint density at radius 2 is 2.00 bits per heavy atom. The number of aromatic nitrogens is 1. The first-order valence-electron chi connectivity index (χ1n) is 10.7. The molecule has 1 aromatic carbocycles. The topological polar surface area (TPSA) is 90.6 Å². The van der Waals surface area contributed by atoms with E-state index in [0.717, 1.165) is 29.0 Å². The summed E-state index contributed by atoms with van der Waals surface area (Å²) in [5.41, 5.74) is 0.510. The number of nitriles is 1. The number of nitrogens with zero attached hydrogens (tertiary/aromatic N) is 4. The lowest BCUT2D eigenvalue weighted by Crippen LogP contribution is -2.65. The third kappa shape index (κ3) is 4.85. The number of ether oxygens (including phenoxy) is 1. The van der Waals surface area contributed by atoms with Crippen molar-refractivity contribution in [2.75, 3.05) is 26.3 Å². The monoisotopic (exact) mass is 469 g/mol. The predicted octanol–water partition coefficient (Wildman–Crippen LogP) is 3.64. The summed E-state index contributed by atoms with van der Waals surface area (Å²) in [5, 5.41) is 12.0. The van der Waals surface area contributed by atoms with Crippen LogP contribution in [-0.2, 0) is 10.9 Å². The van der Waals surface area contributed by atoms with Crippen molar-refractivity contribution >= 4 is 17.7 Å². The second-order valence-electron chi connectivity index (χ2n) is 8.10. The lowest BCUT2D eigenvalue weighted by Gasteiger charge is -2.45. The molecule has 0 bridgehead atoms. The van der Waals surface area contributed by atoms with Gasteiger partial charge in [-0.25, -0.2) is 4.98 Å². The summed E-state index contributed by atoms with van der Waals surface area (Å²) in [6.07, 6.45) is -1.02. The van der Waals surface area contributed by atoms with Gasteiger partial charge < -0.3 is 10.1 Å². The molecule has 2 aliphatic rings. The van der Waals surface area contributed by atoms with Gasteiger partial charge in [0.15, 0.2) is 0 Å². The Morgan fingerprint density at radius 3 is 2.65 bits per heavy atom. The van der Waals surface area contributed by atoms with Crippen LogP contribution < -0.4 is 5.32 Å². The number of benzene rings is 1. The third-order valence-corrected chi connectivity index (χ3v) is 5.94. The molecule has 0 radical (unpaired) electrons. The molecular formula is C24H22F3N5O2.